The first kappa shape index (κ1) is 36.6. The number of benzene rings is 2. The maximum absolute atomic E-state index is 14.5. The molecule has 53 heavy (non-hydrogen) atoms. The van der Waals surface area contributed by atoms with E-state index in [0.29, 0.717) is 56.6 Å². The largest absolute Gasteiger partial charge is 0.469 e. The number of rotatable bonds is 11. The van der Waals surface area contributed by atoms with Crippen LogP contribution >= 0.6 is 19.4 Å². The molecule has 3 heterocycles. The molecule has 0 aliphatic heterocycles. The zero-order valence-corrected chi connectivity index (χ0v) is 31.3. The summed E-state index contributed by atoms with van der Waals surface area (Å²) < 4.78 is 25.0. The molecule has 0 unspecified atom stereocenters. The average Bonchev–Trinajstić information content (AvgIpc) is 3.52. The second kappa shape index (κ2) is 13.6. The van der Waals surface area contributed by atoms with E-state index in [2.05, 4.69) is 51.8 Å². The molecule has 5 aromatic rings. The second-order valence-electron chi connectivity index (χ2n) is 15.0. The van der Waals surface area contributed by atoms with Crippen molar-refractivity contribution in [2.24, 2.45) is 18.4 Å². The van der Waals surface area contributed by atoms with E-state index in [1.54, 1.807) is 55.8 Å². The van der Waals surface area contributed by atoms with Crippen molar-refractivity contribution < 1.29 is 28.4 Å². The summed E-state index contributed by atoms with van der Waals surface area (Å²) in [5.41, 5.74) is 2.24. The zero-order valence-electron chi connectivity index (χ0n) is 29.6. The number of phosphoric acid groups is 1. The van der Waals surface area contributed by atoms with Crippen LogP contribution in [0.5, 0.6) is 0 Å². The lowest BCUT2D eigenvalue weighted by Gasteiger charge is -2.61. The smallest absolute Gasteiger partial charge is 0.447 e. The van der Waals surface area contributed by atoms with Crippen LogP contribution in [0, 0.1) is 23.7 Å². The Bertz CT molecular complexity index is 2390. The molecule has 3 aromatic heterocycles. The van der Waals surface area contributed by atoms with Gasteiger partial charge in [0.15, 0.2) is 0 Å². The fraction of sp³-hybridized carbons (Fsp3) is 0.378. The topological polar surface area (TPSA) is 174 Å². The Morgan fingerprint density at radius 1 is 1.19 bits per heavy atom. The number of aromatic nitrogens is 5. The summed E-state index contributed by atoms with van der Waals surface area (Å²) in [6.07, 6.45) is 13.0. The Balaban J connectivity index is 1.45. The predicted octanol–water partition coefficient (Wildman–Crippen LogP) is 6.12. The van der Waals surface area contributed by atoms with Crippen molar-refractivity contribution in [3.63, 3.8) is 0 Å². The molecule has 3 aliphatic rings. The molecule has 2 bridgehead atoms. The van der Waals surface area contributed by atoms with E-state index in [1.165, 1.54) is 9.47 Å². The highest BCUT2D eigenvalue weighted by molar-refractivity contribution is 7.46. The third kappa shape index (κ3) is 7.03. The van der Waals surface area contributed by atoms with E-state index < -0.39 is 33.2 Å². The minimum Gasteiger partial charge on any atom is -0.447 e. The summed E-state index contributed by atoms with van der Waals surface area (Å²) in [4.78, 5) is 52.3. The number of nitrogens with zero attached hydrogens (tertiary/aromatic N) is 6. The zero-order chi connectivity index (χ0) is 37.9. The lowest BCUT2D eigenvalue weighted by Crippen LogP contribution is -2.59. The van der Waals surface area contributed by atoms with Gasteiger partial charge < -0.3 is 24.4 Å². The van der Waals surface area contributed by atoms with Crippen molar-refractivity contribution in [3.8, 4) is 12.3 Å². The van der Waals surface area contributed by atoms with Gasteiger partial charge in [0.05, 0.1) is 45.8 Å². The Morgan fingerprint density at radius 2 is 1.94 bits per heavy atom. The number of carbonyl (C=O) groups is 1. The molecule has 3 aliphatic carbocycles. The van der Waals surface area contributed by atoms with E-state index in [4.69, 9.17) is 22.8 Å². The third-order valence-electron chi connectivity index (χ3n) is 9.90. The van der Waals surface area contributed by atoms with Gasteiger partial charge in [-0.05, 0) is 65.8 Å². The SMILES string of the molecule is C#Cc1cnc2c(Cl)cc(N(C(=O)OCCOP(=O)(O)O)[C@H](c3cn(C45CC(C4)C5)nn3)c3cccc4c(=O)n(C)ccc34)cc2c1NCC(C)(C)C. The van der Waals surface area contributed by atoms with Gasteiger partial charge in [0.1, 0.15) is 18.3 Å². The van der Waals surface area contributed by atoms with E-state index in [9.17, 15) is 23.9 Å². The van der Waals surface area contributed by atoms with Crippen LogP contribution < -0.4 is 15.8 Å². The number of anilines is 2. The number of phosphoric ester groups is 1. The maximum atomic E-state index is 14.5. The van der Waals surface area contributed by atoms with Crippen LogP contribution in [-0.4, -0.2) is 60.2 Å². The van der Waals surface area contributed by atoms with Gasteiger partial charge in [-0.2, -0.15) is 0 Å². The third-order valence-corrected chi connectivity index (χ3v) is 10.7. The molecule has 1 atom stereocenters. The highest BCUT2D eigenvalue weighted by Crippen LogP contribution is 2.62. The van der Waals surface area contributed by atoms with Crippen molar-refractivity contribution in [1.29, 1.82) is 0 Å². The molecule has 276 valence electrons. The van der Waals surface area contributed by atoms with Gasteiger partial charge in [0, 0.05) is 36.8 Å². The Kier molecular flexibility index (Phi) is 9.37. The van der Waals surface area contributed by atoms with Crippen molar-refractivity contribution in [3.05, 3.63) is 87.2 Å². The van der Waals surface area contributed by atoms with Crippen LogP contribution in [0.1, 0.15) is 62.9 Å². The Morgan fingerprint density at radius 3 is 2.60 bits per heavy atom. The molecule has 1 amide bonds. The van der Waals surface area contributed by atoms with Crippen LogP contribution in [0.2, 0.25) is 5.02 Å². The first-order chi connectivity index (χ1) is 25.1. The van der Waals surface area contributed by atoms with Gasteiger partial charge >= 0.3 is 13.9 Å². The molecule has 8 rings (SSSR count). The van der Waals surface area contributed by atoms with Gasteiger partial charge in [-0.1, -0.05) is 55.6 Å². The minimum absolute atomic E-state index is 0.127. The molecule has 3 fully saturated rings. The fourth-order valence-corrected chi connectivity index (χ4v) is 7.74. The van der Waals surface area contributed by atoms with Crippen LogP contribution in [0.15, 0.2) is 59.8 Å². The minimum atomic E-state index is -4.84. The molecule has 3 saturated carbocycles. The monoisotopic (exact) mass is 759 g/mol. The lowest BCUT2D eigenvalue weighted by molar-refractivity contribution is -0.0989. The summed E-state index contributed by atoms with van der Waals surface area (Å²) in [6, 6.07) is 9.33. The second-order valence-corrected chi connectivity index (χ2v) is 16.6. The van der Waals surface area contributed by atoms with Crippen LogP contribution in [-0.2, 0) is 26.4 Å². The molecule has 0 radical (unpaired) electrons. The number of fused-ring (bicyclic) bond motifs is 2. The Labute approximate surface area is 310 Å². The number of hydrogen-bond acceptors (Lipinski definition) is 9. The number of ether oxygens (including phenoxy) is 1. The summed E-state index contributed by atoms with van der Waals surface area (Å²) in [5, 5.41) is 14.4. The van der Waals surface area contributed by atoms with Gasteiger partial charge in [-0.15, -0.1) is 11.5 Å². The molecule has 14 nitrogen and oxygen atoms in total. The molecule has 0 saturated heterocycles. The normalized spacial score (nSPS) is 18.6. The molecule has 16 heteroatoms. The van der Waals surface area contributed by atoms with E-state index in [0.717, 1.165) is 19.3 Å². The highest BCUT2D eigenvalue weighted by atomic mass is 35.5. The molecule has 3 N–H and O–H groups in total. The number of carbonyl (C=O) groups excluding carboxylic acids is 1. The molecule has 2 aromatic carbocycles. The van der Waals surface area contributed by atoms with E-state index >= 15 is 0 Å². The Hall–Kier alpha value is -4.77. The summed E-state index contributed by atoms with van der Waals surface area (Å²) in [5.74, 6) is 3.36. The van der Waals surface area contributed by atoms with E-state index in [-0.39, 0.29) is 27.2 Å². The quantitative estimate of drug-likeness (QED) is 0.0804. The van der Waals surface area contributed by atoms with Crippen LogP contribution in [0.3, 0.4) is 0 Å². The number of hydrogen-bond donors (Lipinski definition) is 3. The summed E-state index contributed by atoms with van der Waals surface area (Å²) >= 11 is 6.97. The molecular formula is C37H39ClN7O7P. The highest BCUT2D eigenvalue weighted by Gasteiger charge is 2.59. The van der Waals surface area contributed by atoms with Crippen LogP contribution in [0.4, 0.5) is 16.2 Å². The standard InChI is InChI=1S/C37H39ClN7O7P/c1-6-23-19-39-32-28(31(23)40-21-36(2,3)4)14-24(15-29(32)38)45(35(47)51-12-13-52-53(48,49)50)33(30-20-44(42-41-30)37-16-22(17-37)18-37)26-8-7-9-27-25(26)10-11-43(5)34(27)46/h1,7-11,14-15,19-20,22,33H,12-13,16-18,21H2,2-5H3,(H,39,40)(H2,48,49,50)/t22?,33-,37?/m0/s1. The molecule has 0 spiro atoms. The average molecular weight is 760 g/mol. The first-order valence-corrected chi connectivity index (χ1v) is 19.0. The van der Waals surface area contributed by atoms with Gasteiger partial charge in [-0.25, -0.2) is 14.0 Å². The van der Waals surface area contributed by atoms with Crippen molar-refractivity contribution >= 4 is 58.6 Å². The number of pyridine rings is 2. The van der Waals surface area contributed by atoms with Crippen LogP contribution in [0.25, 0.3) is 21.7 Å². The van der Waals surface area contributed by atoms with Crippen molar-refractivity contribution in [2.75, 3.05) is 30.0 Å². The maximum Gasteiger partial charge on any atom is 0.469 e. The number of terminal acetylenes is 1. The molecular weight excluding hydrogens is 721 g/mol. The van der Waals surface area contributed by atoms with Gasteiger partial charge in [-0.3, -0.25) is 19.2 Å². The van der Waals surface area contributed by atoms with Crippen molar-refractivity contribution in [1.82, 2.24) is 24.5 Å². The summed E-state index contributed by atoms with van der Waals surface area (Å²) in [7, 11) is -3.18. The number of halogens is 1. The first-order valence-electron chi connectivity index (χ1n) is 17.1. The number of amides is 1. The van der Waals surface area contributed by atoms with E-state index in [1.807, 2.05) is 10.9 Å². The predicted molar refractivity (Wildman–Crippen MR) is 201 cm³/mol. The number of nitrogens with one attached hydrogen (secondary N) is 1. The van der Waals surface area contributed by atoms with Gasteiger partial charge in [0.2, 0.25) is 0 Å². The van der Waals surface area contributed by atoms with Gasteiger partial charge in [0.25, 0.3) is 5.56 Å². The van der Waals surface area contributed by atoms with Crippen molar-refractivity contribution in [2.45, 2.75) is 51.6 Å². The number of aryl methyl sites for hydroxylation is 1. The fourth-order valence-electron chi connectivity index (χ4n) is 7.17. The summed E-state index contributed by atoms with van der Waals surface area (Å²) in [6.45, 7) is 5.71. The lowest BCUT2D eigenvalue weighted by atomic mass is 9.50.